The van der Waals surface area contributed by atoms with Gasteiger partial charge in [0.05, 0.1) is 0 Å². The highest BCUT2D eigenvalue weighted by molar-refractivity contribution is 5.35. The van der Waals surface area contributed by atoms with Gasteiger partial charge < -0.3 is 10.4 Å². The van der Waals surface area contributed by atoms with Crippen LogP contribution in [0.4, 0.5) is 5.82 Å². The fourth-order valence-corrected chi connectivity index (χ4v) is 1.39. The molecule has 4 nitrogen and oxygen atoms in total. The van der Waals surface area contributed by atoms with Crippen molar-refractivity contribution in [3.8, 4) is 0 Å². The van der Waals surface area contributed by atoms with Crippen molar-refractivity contribution in [3.05, 3.63) is 18.1 Å². The molecule has 1 rings (SSSR count). The largest absolute Gasteiger partial charge is 0.396 e. The number of hydrogen-bond donors (Lipinski definition) is 2. The van der Waals surface area contributed by atoms with Crippen LogP contribution in [0.3, 0.4) is 0 Å². The van der Waals surface area contributed by atoms with E-state index in [1.54, 1.807) is 6.33 Å². The highest BCUT2D eigenvalue weighted by Crippen LogP contribution is 2.14. The van der Waals surface area contributed by atoms with Crippen molar-refractivity contribution in [1.29, 1.82) is 0 Å². The van der Waals surface area contributed by atoms with Gasteiger partial charge >= 0.3 is 0 Å². The Morgan fingerprint density at radius 1 is 1.31 bits per heavy atom. The smallest absolute Gasteiger partial charge is 0.129 e. The Morgan fingerprint density at radius 3 is 2.69 bits per heavy atom. The topological polar surface area (TPSA) is 58.0 Å². The van der Waals surface area contributed by atoms with Crippen molar-refractivity contribution >= 4 is 5.82 Å². The molecule has 1 aromatic rings. The van der Waals surface area contributed by atoms with E-state index in [2.05, 4.69) is 36.1 Å². The average molecular weight is 223 g/mol. The van der Waals surface area contributed by atoms with E-state index in [4.69, 9.17) is 5.11 Å². The number of hydrogen-bond acceptors (Lipinski definition) is 4. The number of aliphatic hydroxyl groups is 1. The Bertz CT molecular complexity index is 315. The average Bonchev–Trinajstić information content (AvgIpc) is 2.27. The lowest BCUT2D eigenvalue weighted by molar-refractivity contribution is 0.266. The molecule has 0 aliphatic rings. The van der Waals surface area contributed by atoms with Crippen LogP contribution in [0.5, 0.6) is 0 Å². The summed E-state index contributed by atoms with van der Waals surface area (Å²) >= 11 is 0. The van der Waals surface area contributed by atoms with Crippen LogP contribution >= 0.6 is 0 Å². The van der Waals surface area contributed by atoms with Gasteiger partial charge in [-0.3, -0.25) is 0 Å². The number of anilines is 1. The van der Waals surface area contributed by atoms with Crippen LogP contribution in [-0.2, 0) is 0 Å². The van der Waals surface area contributed by atoms with Gasteiger partial charge in [0.15, 0.2) is 0 Å². The zero-order valence-electron chi connectivity index (χ0n) is 10.3. The van der Waals surface area contributed by atoms with Crippen LogP contribution in [0.1, 0.15) is 38.8 Å². The first kappa shape index (κ1) is 12.9. The zero-order valence-corrected chi connectivity index (χ0v) is 10.3. The van der Waals surface area contributed by atoms with Crippen molar-refractivity contribution < 1.29 is 5.11 Å². The van der Waals surface area contributed by atoms with E-state index in [0.29, 0.717) is 11.8 Å². The van der Waals surface area contributed by atoms with Gasteiger partial charge in [-0.2, -0.15) is 0 Å². The van der Waals surface area contributed by atoms with Gasteiger partial charge in [0.2, 0.25) is 0 Å². The van der Waals surface area contributed by atoms with Gasteiger partial charge in [0.1, 0.15) is 12.1 Å². The van der Waals surface area contributed by atoms with Crippen LogP contribution in [0.15, 0.2) is 12.4 Å². The maximum absolute atomic E-state index is 8.80. The van der Waals surface area contributed by atoms with E-state index < -0.39 is 0 Å². The molecule has 0 fully saturated rings. The molecular formula is C12H21N3O. The molecule has 0 aliphatic heterocycles. The first-order valence-electron chi connectivity index (χ1n) is 5.80. The van der Waals surface area contributed by atoms with Gasteiger partial charge in [0, 0.05) is 24.9 Å². The lowest BCUT2D eigenvalue weighted by Gasteiger charge is -2.12. The van der Waals surface area contributed by atoms with Crippen LogP contribution in [0, 0.1) is 5.92 Å². The maximum atomic E-state index is 8.80. The molecule has 4 heteroatoms. The molecule has 0 amide bonds. The summed E-state index contributed by atoms with van der Waals surface area (Å²) in [5.74, 6) is 1.73. The lowest BCUT2D eigenvalue weighted by Crippen LogP contribution is -2.13. The summed E-state index contributed by atoms with van der Waals surface area (Å²) in [6, 6.07) is 1.98. The molecule has 1 unspecified atom stereocenters. The zero-order chi connectivity index (χ0) is 12.0. The van der Waals surface area contributed by atoms with Gasteiger partial charge in [-0.15, -0.1) is 0 Å². The number of aromatic nitrogens is 2. The number of nitrogens with zero attached hydrogens (tertiary/aromatic N) is 2. The molecule has 1 heterocycles. The monoisotopic (exact) mass is 223 g/mol. The van der Waals surface area contributed by atoms with Crippen LogP contribution in [-0.4, -0.2) is 28.2 Å². The van der Waals surface area contributed by atoms with E-state index >= 15 is 0 Å². The molecule has 1 atom stereocenters. The second kappa shape index (κ2) is 6.43. The molecule has 0 saturated carbocycles. The van der Waals surface area contributed by atoms with E-state index in [1.165, 1.54) is 0 Å². The van der Waals surface area contributed by atoms with E-state index in [9.17, 15) is 0 Å². The molecule has 0 spiro atoms. The third-order valence-corrected chi connectivity index (χ3v) is 2.53. The molecule has 16 heavy (non-hydrogen) atoms. The highest BCUT2D eigenvalue weighted by atomic mass is 16.3. The Balaban J connectivity index is 2.50. The summed E-state index contributed by atoms with van der Waals surface area (Å²) in [6.45, 7) is 7.40. The molecule has 90 valence electrons. The van der Waals surface area contributed by atoms with Crippen molar-refractivity contribution in [1.82, 2.24) is 9.97 Å². The molecule has 0 aromatic carbocycles. The Morgan fingerprint density at radius 2 is 2.06 bits per heavy atom. The van der Waals surface area contributed by atoms with Crippen molar-refractivity contribution in [2.45, 2.75) is 33.1 Å². The second-order valence-electron chi connectivity index (χ2n) is 4.48. The molecule has 0 aliphatic carbocycles. The number of rotatable bonds is 6. The molecule has 0 saturated heterocycles. The SMILES string of the molecule is CC(CCO)CNc1cc(C(C)C)ncn1. The molecule has 0 radical (unpaired) electrons. The molecule has 0 bridgehead atoms. The summed E-state index contributed by atoms with van der Waals surface area (Å²) in [6.07, 6.45) is 2.41. The Kier molecular flexibility index (Phi) is 5.19. The predicted octanol–water partition coefficient (Wildman–Crippen LogP) is 2.03. The minimum absolute atomic E-state index is 0.240. The molecule has 1 aromatic heterocycles. The molecule has 2 N–H and O–H groups in total. The van der Waals surface area contributed by atoms with Gasteiger partial charge in [0.25, 0.3) is 0 Å². The first-order valence-corrected chi connectivity index (χ1v) is 5.80. The van der Waals surface area contributed by atoms with Crippen molar-refractivity contribution in [3.63, 3.8) is 0 Å². The summed E-state index contributed by atoms with van der Waals surface area (Å²) in [4.78, 5) is 8.38. The highest BCUT2D eigenvalue weighted by Gasteiger charge is 2.04. The molecular weight excluding hydrogens is 202 g/mol. The Labute approximate surface area is 97.1 Å². The standard InChI is InChI=1S/C12H21N3O/c1-9(2)11-6-12(15-8-14-11)13-7-10(3)4-5-16/h6,8-10,16H,4-5,7H2,1-3H3,(H,13,14,15). The second-order valence-corrected chi connectivity index (χ2v) is 4.48. The third kappa shape index (κ3) is 4.14. The maximum Gasteiger partial charge on any atom is 0.129 e. The fourth-order valence-electron chi connectivity index (χ4n) is 1.39. The van der Waals surface area contributed by atoms with Gasteiger partial charge in [-0.25, -0.2) is 9.97 Å². The third-order valence-electron chi connectivity index (χ3n) is 2.53. The predicted molar refractivity (Wildman–Crippen MR) is 65.5 cm³/mol. The lowest BCUT2D eigenvalue weighted by atomic mass is 10.1. The van der Waals surface area contributed by atoms with Gasteiger partial charge in [-0.05, 0) is 18.3 Å². The quantitative estimate of drug-likeness (QED) is 0.774. The summed E-state index contributed by atoms with van der Waals surface area (Å²) < 4.78 is 0. The van der Waals surface area contributed by atoms with E-state index in [0.717, 1.165) is 24.5 Å². The van der Waals surface area contributed by atoms with Crippen LogP contribution < -0.4 is 5.32 Å². The van der Waals surface area contributed by atoms with Crippen LogP contribution in [0.2, 0.25) is 0 Å². The first-order chi connectivity index (χ1) is 7.63. The van der Waals surface area contributed by atoms with Crippen molar-refractivity contribution in [2.75, 3.05) is 18.5 Å². The minimum atomic E-state index is 0.240. The summed E-state index contributed by atoms with van der Waals surface area (Å²) in [7, 11) is 0. The number of nitrogens with one attached hydrogen (secondary N) is 1. The van der Waals surface area contributed by atoms with Crippen LogP contribution in [0.25, 0.3) is 0 Å². The van der Waals surface area contributed by atoms with Gasteiger partial charge in [-0.1, -0.05) is 20.8 Å². The Hall–Kier alpha value is -1.16. The summed E-state index contributed by atoms with van der Waals surface area (Å²) in [5.41, 5.74) is 1.05. The minimum Gasteiger partial charge on any atom is -0.396 e. The van der Waals surface area contributed by atoms with Crippen molar-refractivity contribution in [2.24, 2.45) is 5.92 Å². The number of aliphatic hydroxyl groups excluding tert-OH is 1. The van der Waals surface area contributed by atoms with E-state index in [-0.39, 0.29) is 6.61 Å². The summed E-state index contributed by atoms with van der Waals surface area (Å²) in [5, 5.41) is 12.1. The fraction of sp³-hybridized carbons (Fsp3) is 0.667. The normalized spacial score (nSPS) is 12.8. The van der Waals surface area contributed by atoms with E-state index in [1.807, 2.05) is 6.07 Å².